The van der Waals surface area contributed by atoms with Crippen molar-refractivity contribution in [1.29, 1.82) is 0 Å². The van der Waals surface area contributed by atoms with Crippen LogP contribution < -0.4 is 15.6 Å². The van der Waals surface area contributed by atoms with Crippen molar-refractivity contribution in [3.63, 3.8) is 0 Å². The lowest BCUT2D eigenvalue weighted by Gasteiger charge is -2.14. The van der Waals surface area contributed by atoms with Crippen molar-refractivity contribution in [2.24, 2.45) is 0 Å². The maximum absolute atomic E-state index is 13.3. The summed E-state index contributed by atoms with van der Waals surface area (Å²) >= 11 is 3.49. The number of rotatable bonds is 3. The number of fused-ring (bicyclic) bond motifs is 2. The first-order chi connectivity index (χ1) is 14.1. The highest BCUT2D eigenvalue weighted by atomic mass is 79.9. The van der Waals surface area contributed by atoms with Crippen LogP contribution in [0.2, 0.25) is 0 Å². The lowest BCUT2D eigenvalue weighted by atomic mass is 10.0. The van der Waals surface area contributed by atoms with Gasteiger partial charge in [0.05, 0.1) is 28.9 Å². The molecule has 5 rings (SSSR count). The maximum Gasteiger partial charge on any atom is 0.197 e. The smallest absolute Gasteiger partial charge is 0.197 e. The molecule has 0 aliphatic rings. The molecule has 142 valence electrons. The van der Waals surface area contributed by atoms with Crippen molar-refractivity contribution in [1.82, 2.24) is 9.38 Å². The number of halogens is 1. The zero-order chi connectivity index (χ0) is 20.1. The molecule has 2 aromatic carbocycles. The second-order valence-electron chi connectivity index (χ2n) is 6.95. The van der Waals surface area contributed by atoms with Crippen LogP contribution in [-0.2, 0) is 6.42 Å². The van der Waals surface area contributed by atoms with E-state index in [4.69, 9.17) is 4.74 Å². The van der Waals surface area contributed by atoms with Crippen LogP contribution in [-0.4, -0.2) is 16.5 Å². The van der Waals surface area contributed by atoms with Crippen LogP contribution in [0.4, 0.5) is 0 Å². The van der Waals surface area contributed by atoms with Crippen LogP contribution >= 0.6 is 15.9 Å². The molecule has 5 nitrogen and oxygen atoms in total. The minimum Gasteiger partial charge on any atom is -0.497 e. The van der Waals surface area contributed by atoms with Crippen molar-refractivity contribution in [2.45, 2.75) is 6.42 Å². The summed E-state index contributed by atoms with van der Waals surface area (Å²) < 4.78 is 8.19. The average Bonchev–Trinajstić information content (AvgIpc) is 2.74. The fourth-order valence-electron chi connectivity index (χ4n) is 3.86. The van der Waals surface area contributed by atoms with E-state index >= 15 is 0 Å². The van der Waals surface area contributed by atoms with E-state index in [1.807, 2.05) is 34.9 Å². The number of hydrogen-bond acceptors (Lipinski definition) is 4. The van der Waals surface area contributed by atoms with E-state index in [2.05, 4.69) is 20.9 Å². The highest BCUT2D eigenvalue weighted by Crippen LogP contribution is 2.28. The molecule has 0 fully saturated rings. The maximum atomic E-state index is 13.3. The van der Waals surface area contributed by atoms with Crippen molar-refractivity contribution in [3.05, 3.63) is 97.1 Å². The summed E-state index contributed by atoms with van der Waals surface area (Å²) in [7, 11) is 1.53. The normalized spacial score (nSPS) is 11.5. The molecule has 0 saturated carbocycles. The molecule has 3 aromatic heterocycles. The van der Waals surface area contributed by atoms with Crippen LogP contribution in [0.3, 0.4) is 0 Å². The van der Waals surface area contributed by atoms with Gasteiger partial charge in [0, 0.05) is 40.4 Å². The summed E-state index contributed by atoms with van der Waals surface area (Å²) in [4.78, 5) is 30.6. The van der Waals surface area contributed by atoms with Gasteiger partial charge in [0.25, 0.3) is 0 Å². The SMILES string of the molecule is COc1cc2c(=O)c(Cc3cccnc3)cn3c4cc(Br)ccc4c(=O)c(c1)c23. The quantitative estimate of drug-likeness (QED) is 0.308. The van der Waals surface area contributed by atoms with Gasteiger partial charge in [-0.1, -0.05) is 22.0 Å². The van der Waals surface area contributed by atoms with Crippen molar-refractivity contribution in [3.8, 4) is 5.75 Å². The second kappa shape index (κ2) is 6.67. The molecule has 3 heterocycles. The first kappa shape index (κ1) is 17.8. The fourth-order valence-corrected chi connectivity index (χ4v) is 4.21. The van der Waals surface area contributed by atoms with E-state index in [0.29, 0.717) is 39.4 Å². The van der Waals surface area contributed by atoms with Gasteiger partial charge in [-0.25, -0.2) is 0 Å². The van der Waals surface area contributed by atoms with Crippen molar-refractivity contribution >= 4 is 43.1 Å². The van der Waals surface area contributed by atoms with Gasteiger partial charge in [0.2, 0.25) is 0 Å². The molecule has 5 aromatic rings. The van der Waals surface area contributed by atoms with Crippen LogP contribution in [0.1, 0.15) is 11.1 Å². The Hall–Kier alpha value is -3.25. The van der Waals surface area contributed by atoms with E-state index < -0.39 is 0 Å². The minimum absolute atomic E-state index is 0.105. The van der Waals surface area contributed by atoms with Crippen LogP contribution in [0, 0.1) is 0 Å². The lowest BCUT2D eigenvalue weighted by Crippen LogP contribution is -2.17. The van der Waals surface area contributed by atoms with Gasteiger partial charge in [0.15, 0.2) is 10.9 Å². The number of hydrogen-bond donors (Lipinski definition) is 0. The van der Waals surface area contributed by atoms with Gasteiger partial charge in [-0.2, -0.15) is 0 Å². The van der Waals surface area contributed by atoms with Gasteiger partial charge in [-0.15, -0.1) is 0 Å². The Morgan fingerprint density at radius 2 is 1.83 bits per heavy atom. The molecule has 0 bridgehead atoms. The number of methoxy groups -OCH3 is 1. The minimum atomic E-state index is -0.115. The topological polar surface area (TPSA) is 60.7 Å². The first-order valence-electron chi connectivity index (χ1n) is 9.06. The summed E-state index contributed by atoms with van der Waals surface area (Å²) in [6.07, 6.45) is 5.75. The third kappa shape index (κ3) is 2.79. The van der Waals surface area contributed by atoms with E-state index in [9.17, 15) is 9.59 Å². The molecule has 6 heteroatoms. The van der Waals surface area contributed by atoms with E-state index in [-0.39, 0.29) is 10.9 Å². The molecule has 29 heavy (non-hydrogen) atoms. The molecule has 0 N–H and O–H groups in total. The van der Waals surface area contributed by atoms with E-state index in [0.717, 1.165) is 15.6 Å². The van der Waals surface area contributed by atoms with Crippen LogP contribution in [0.5, 0.6) is 5.75 Å². The Morgan fingerprint density at radius 1 is 1.03 bits per heavy atom. The molecule has 0 spiro atoms. The van der Waals surface area contributed by atoms with E-state index in [1.54, 1.807) is 30.6 Å². The Balaban J connectivity index is 1.97. The molecular weight excluding hydrogens is 432 g/mol. The standard InChI is InChI=1S/C23H15BrN2O3/c1-29-16-9-18-21-19(10-16)23(28)17-5-4-15(24)8-20(17)26(21)12-14(22(18)27)7-13-3-2-6-25-11-13/h2-6,8-12H,7H2,1H3. The number of benzene rings is 2. The molecule has 0 saturated heterocycles. The van der Waals surface area contributed by atoms with Gasteiger partial charge in [-0.3, -0.25) is 14.6 Å². The number of pyridine rings is 3. The van der Waals surface area contributed by atoms with Crippen LogP contribution in [0.25, 0.3) is 27.2 Å². The Bertz CT molecular complexity index is 1510. The van der Waals surface area contributed by atoms with Crippen LogP contribution in [0.15, 0.2) is 75.1 Å². The third-order valence-corrected chi connectivity index (χ3v) is 5.70. The summed E-state index contributed by atoms with van der Waals surface area (Å²) in [6, 6.07) is 12.8. The number of nitrogens with zero attached hydrogens (tertiary/aromatic N) is 2. The first-order valence-corrected chi connectivity index (χ1v) is 9.86. The average molecular weight is 447 g/mol. The second-order valence-corrected chi connectivity index (χ2v) is 7.87. The Morgan fingerprint density at radius 3 is 2.55 bits per heavy atom. The lowest BCUT2D eigenvalue weighted by molar-refractivity contribution is 0.416. The van der Waals surface area contributed by atoms with Crippen molar-refractivity contribution < 1.29 is 4.74 Å². The number of ether oxygens (including phenoxy) is 1. The Labute approximate surface area is 173 Å². The highest BCUT2D eigenvalue weighted by Gasteiger charge is 2.17. The summed E-state index contributed by atoms with van der Waals surface area (Å²) in [5, 5.41) is 1.53. The molecule has 0 amide bonds. The van der Waals surface area contributed by atoms with Gasteiger partial charge < -0.3 is 9.14 Å². The molecule has 0 radical (unpaired) electrons. The van der Waals surface area contributed by atoms with E-state index in [1.165, 1.54) is 7.11 Å². The highest BCUT2D eigenvalue weighted by molar-refractivity contribution is 9.10. The predicted octanol–water partition coefficient (Wildman–Crippen LogP) is 4.16. The molecule has 0 atom stereocenters. The monoisotopic (exact) mass is 446 g/mol. The largest absolute Gasteiger partial charge is 0.497 e. The summed E-state index contributed by atoms with van der Waals surface area (Å²) in [5.41, 5.74) is 2.72. The zero-order valence-corrected chi connectivity index (χ0v) is 17.1. The molecular formula is C23H15BrN2O3. The molecule has 0 unspecified atom stereocenters. The molecule has 0 aliphatic carbocycles. The molecule has 0 aliphatic heterocycles. The van der Waals surface area contributed by atoms with Gasteiger partial charge >= 0.3 is 0 Å². The van der Waals surface area contributed by atoms with Crippen molar-refractivity contribution in [2.75, 3.05) is 7.11 Å². The van der Waals surface area contributed by atoms with Gasteiger partial charge in [0.1, 0.15) is 5.75 Å². The Kier molecular flexibility index (Phi) is 4.10. The third-order valence-electron chi connectivity index (χ3n) is 5.21. The predicted molar refractivity (Wildman–Crippen MR) is 117 cm³/mol. The summed E-state index contributed by atoms with van der Waals surface area (Å²) in [5.74, 6) is 0.489. The summed E-state index contributed by atoms with van der Waals surface area (Å²) in [6.45, 7) is 0. The number of aromatic nitrogens is 2. The zero-order valence-electron chi connectivity index (χ0n) is 15.5. The fraction of sp³-hybridized carbons (Fsp3) is 0.0870. The van der Waals surface area contributed by atoms with Gasteiger partial charge in [-0.05, 0) is 42.0 Å².